The van der Waals surface area contributed by atoms with Gasteiger partial charge in [-0.25, -0.2) is 13.6 Å². The average molecular weight is 326 g/mol. The molecule has 1 heterocycles. The molecule has 128 valence electrons. The third-order valence-corrected chi connectivity index (χ3v) is 3.67. The summed E-state index contributed by atoms with van der Waals surface area (Å²) in [7, 11) is 0. The van der Waals surface area contributed by atoms with Crippen molar-refractivity contribution >= 4 is 6.09 Å². The van der Waals surface area contributed by atoms with Crippen LogP contribution in [0, 0.1) is 5.82 Å². The van der Waals surface area contributed by atoms with Gasteiger partial charge in [0.25, 0.3) is 0 Å². The first kappa shape index (κ1) is 17.7. The summed E-state index contributed by atoms with van der Waals surface area (Å²) in [5, 5.41) is 3.14. The lowest BCUT2D eigenvalue weighted by atomic mass is 10.0. The van der Waals surface area contributed by atoms with Gasteiger partial charge in [0.15, 0.2) is 0 Å². The standard InChI is InChI=1S/C17H24F2N2O2/c1-17(2,3)23-16(22)21-9-8-15(14(19)11-21)20-10-12-4-6-13(18)7-5-12/h4-7,14-15,20H,8-11H2,1-3H3/t14-,15+/m0/s1. The molecule has 1 aromatic rings. The van der Waals surface area contributed by atoms with Crippen molar-refractivity contribution in [3.05, 3.63) is 35.6 Å². The predicted octanol–water partition coefficient (Wildman–Crippen LogP) is 3.26. The Morgan fingerprint density at radius 1 is 1.35 bits per heavy atom. The van der Waals surface area contributed by atoms with Gasteiger partial charge in [-0.15, -0.1) is 0 Å². The third kappa shape index (κ3) is 5.46. The van der Waals surface area contributed by atoms with Gasteiger partial charge in [-0.3, -0.25) is 0 Å². The minimum atomic E-state index is -1.16. The molecule has 0 spiro atoms. The molecular weight excluding hydrogens is 302 g/mol. The molecule has 0 aromatic heterocycles. The molecule has 0 unspecified atom stereocenters. The Kier molecular flexibility index (Phi) is 5.57. The van der Waals surface area contributed by atoms with Crippen LogP contribution in [0.2, 0.25) is 0 Å². The van der Waals surface area contributed by atoms with Gasteiger partial charge in [0.2, 0.25) is 0 Å². The Labute approximate surface area is 135 Å². The maximum absolute atomic E-state index is 14.3. The van der Waals surface area contributed by atoms with E-state index in [4.69, 9.17) is 4.74 Å². The maximum Gasteiger partial charge on any atom is 0.410 e. The van der Waals surface area contributed by atoms with Crippen molar-refractivity contribution in [1.82, 2.24) is 10.2 Å². The van der Waals surface area contributed by atoms with E-state index >= 15 is 0 Å². The van der Waals surface area contributed by atoms with E-state index in [1.807, 2.05) is 0 Å². The highest BCUT2D eigenvalue weighted by molar-refractivity contribution is 5.68. The van der Waals surface area contributed by atoms with Crippen molar-refractivity contribution in [2.45, 2.75) is 51.6 Å². The normalized spacial score (nSPS) is 22.0. The van der Waals surface area contributed by atoms with Gasteiger partial charge >= 0.3 is 6.09 Å². The summed E-state index contributed by atoms with van der Waals surface area (Å²) in [5.74, 6) is -0.289. The summed E-state index contributed by atoms with van der Waals surface area (Å²) in [6, 6.07) is 5.79. The van der Waals surface area contributed by atoms with Gasteiger partial charge in [0, 0.05) is 19.1 Å². The third-order valence-electron chi connectivity index (χ3n) is 3.67. The Balaban J connectivity index is 1.82. The van der Waals surface area contributed by atoms with Crippen molar-refractivity contribution in [2.75, 3.05) is 13.1 Å². The first-order valence-electron chi connectivity index (χ1n) is 7.84. The van der Waals surface area contributed by atoms with Crippen molar-refractivity contribution in [3.63, 3.8) is 0 Å². The Bertz CT molecular complexity index is 528. The number of ether oxygens (including phenoxy) is 1. The molecule has 1 N–H and O–H groups in total. The van der Waals surface area contributed by atoms with E-state index in [2.05, 4.69) is 5.32 Å². The van der Waals surface area contributed by atoms with E-state index in [0.29, 0.717) is 19.5 Å². The summed E-state index contributed by atoms with van der Waals surface area (Å²) >= 11 is 0. The van der Waals surface area contributed by atoms with E-state index in [9.17, 15) is 13.6 Å². The minimum absolute atomic E-state index is 0.0238. The molecule has 1 aliphatic rings. The van der Waals surface area contributed by atoms with Gasteiger partial charge in [0.1, 0.15) is 17.6 Å². The van der Waals surface area contributed by atoms with Crippen LogP contribution >= 0.6 is 0 Å². The molecule has 6 heteroatoms. The number of amides is 1. The van der Waals surface area contributed by atoms with Crippen molar-refractivity contribution in [1.29, 1.82) is 0 Å². The Morgan fingerprint density at radius 3 is 2.57 bits per heavy atom. The van der Waals surface area contributed by atoms with Gasteiger partial charge in [-0.2, -0.15) is 0 Å². The molecule has 1 aromatic carbocycles. The summed E-state index contributed by atoms with van der Waals surface area (Å²) in [6.45, 7) is 6.31. The number of alkyl halides is 1. The molecular formula is C17H24F2N2O2. The van der Waals surface area contributed by atoms with Crippen LogP contribution in [0.5, 0.6) is 0 Å². The maximum atomic E-state index is 14.3. The monoisotopic (exact) mass is 326 g/mol. The summed E-state index contributed by atoms with van der Waals surface area (Å²) in [6.07, 6.45) is -1.12. The van der Waals surface area contributed by atoms with Crippen LogP contribution in [0.15, 0.2) is 24.3 Å². The molecule has 0 bridgehead atoms. The molecule has 4 nitrogen and oxygen atoms in total. The smallest absolute Gasteiger partial charge is 0.410 e. The molecule has 0 saturated carbocycles. The Hall–Kier alpha value is -1.69. The highest BCUT2D eigenvalue weighted by Crippen LogP contribution is 2.18. The number of carbonyl (C=O) groups excluding carboxylic acids is 1. The number of carbonyl (C=O) groups is 1. The number of nitrogens with one attached hydrogen (secondary N) is 1. The zero-order valence-corrected chi connectivity index (χ0v) is 13.8. The quantitative estimate of drug-likeness (QED) is 0.927. The van der Waals surface area contributed by atoms with Crippen molar-refractivity contribution in [3.8, 4) is 0 Å². The number of halogens is 2. The highest BCUT2D eigenvalue weighted by Gasteiger charge is 2.33. The van der Waals surface area contributed by atoms with Crippen molar-refractivity contribution in [2.24, 2.45) is 0 Å². The topological polar surface area (TPSA) is 41.6 Å². The summed E-state index contributed by atoms with van der Waals surface area (Å²) < 4.78 is 32.4. The van der Waals surface area contributed by atoms with E-state index in [0.717, 1.165) is 5.56 Å². The largest absolute Gasteiger partial charge is 0.444 e. The average Bonchev–Trinajstić information content (AvgIpc) is 2.46. The molecule has 2 atom stereocenters. The predicted molar refractivity (Wildman–Crippen MR) is 84.3 cm³/mol. The minimum Gasteiger partial charge on any atom is -0.444 e. The second-order valence-corrected chi connectivity index (χ2v) is 6.84. The summed E-state index contributed by atoms with van der Waals surface area (Å²) in [4.78, 5) is 13.4. The lowest BCUT2D eigenvalue weighted by Crippen LogP contribution is -2.53. The number of likely N-dealkylation sites (tertiary alicyclic amines) is 1. The van der Waals surface area contributed by atoms with Crippen LogP contribution in [-0.4, -0.2) is 41.9 Å². The van der Waals surface area contributed by atoms with E-state index in [1.165, 1.54) is 17.0 Å². The van der Waals surface area contributed by atoms with Gasteiger partial charge < -0.3 is 15.0 Å². The fourth-order valence-electron chi connectivity index (χ4n) is 2.48. The van der Waals surface area contributed by atoms with Crippen molar-refractivity contribution < 1.29 is 18.3 Å². The second-order valence-electron chi connectivity index (χ2n) is 6.84. The lowest BCUT2D eigenvalue weighted by Gasteiger charge is -2.36. The first-order valence-corrected chi connectivity index (χ1v) is 7.84. The fraction of sp³-hybridized carbons (Fsp3) is 0.588. The van der Waals surface area contributed by atoms with Crippen LogP contribution in [0.25, 0.3) is 0 Å². The Morgan fingerprint density at radius 2 is 2.00 bits per heavy atom. The number of nitrogens with zero attached hydrogens (tertiary/aromatic N) is 1. The van der Waals surface area contributed by atoms with Gasteiger partial charge in [-0.05, 0) is 44.9 Å². The second kappa shape index (κ2) is 7.25. The van der Waals surface area contributed by atoms with Crippen LogP contribution in [0.3, 0.4) is 0 Å². The number of hydrogen-bond donors (Lipinski definition) is 1. The molecule has 1 fully saturated rings. The van der Waals surface area contributed by atoms with Gasteiger partial charge in [-0.1, -0.05) is 12.1 Å². The van der Waals surface area contributed by atoms with Crippen LogP contribution in [0.1, 0.15) is 32.8 Å². The molecule has 1 saturated heterocycles. The summed E-state index contributed by atoms with van der Waals surface area (Å²) in [5.41, 5.74) is 0.314. The highest BCUT2D eigenvalue weighted by atomic mass is 19.1. The molecule has 23 heavy (non-hydrogen) atoms. The number of rotatable bonds is 3. The SMILES string of the molecule is CC(C)(C)OC(=O)N1CC[C@@H](NCc2ccc(F)cc2)[C@@H](F)C1. The lowest BCUT2D eigenvalue weighted by molar-refractivity contribution is 0.00934. The first-order chi connectivity index (χ1) is 10.7. The zero-order valence-electron chi connectivity index (χ0n) is 13.8. The number of benzene rings is 1. The van der Waals surface area contributed by atoms with Crippen LogP contribution < -0.4 is 5.32 Å². The number of hydrogen-bond acceptors (Lipinski definition) is 3. The van der Waals surface area contributed by atoms with E-state index in [1.54, 1.807) is 32.9 Å². The van der Waals surface area contributed by atoms with E-state index < -0.39 is 17.9 Å². The van der Waals surface area contributed by atoms with Gasteiger partial charge in [0.05, 0.1) is 6.54 Å². The zero-order chi connectivity index (χ0) is 17.0. The molecule has 1 aliphatic heterocycles. The van der Waals surface area contributed by atoms with Crippen LogP contribution in [0.4, 0.5) is 13.6 Å². The van der Waals surface area contributed by atoms with Crippen LogP contribution in [-0.2, 0) is 11.3 Å². The fourth-order valence-corrected chi connectivity index (χ4v) is 2.48. The molecule has 1 amide bonds. The molecule has 0 radical (unpaired) electrons. The van der Waals surface area contributed by atoms with E-state index in [-0.39, 0.29) is 18.4 Å². The molecule has 2 rings (SSSR count). The number of piperidine rings is 1. The molecule has 0 aliphatic carbocycles.